The molecule has 0 atom stereocenters. The predicted octanol–water partition coefficient (Wildman–Crippen LogP) is 4.49. The Labute approximate surface area is 209 Å². The Bertz CT molecular complexity index is 1130. The van der Waals surface area contributed by atoms with Crippen LogP contribution in [0, 0.1) is 6.92 Å². The second kappa shape index (κ2) is 11.9. The van der Waals surface area contributed by atoms with Crippen LogP contribution < -0.4 is 9.47 Å². The minimum Gasteiger partial charge on any atom is -0.454 e. The monoisotopic (exact) mass is 494 g/mol. The zero-order valence-corrected chi connectivity index (χ0v) is 20.9. The number of carbonyl (C=O) groups is 2. The van der Waals surface area contributed by atoms with Gasteiger partial charge in [0.05, 0.1) is 6.54 Å². The quantitative estimate of drug-likeness (QED) is 0.368. The van der Waals surface area contributed by atoms with Crippen molar-refractivity contribution >= 4 is 23.2 Å². The molecule has 1 aromatic heterocycles. The maximum Gasteiger partial charge on any atom is 0.254 e. The third-order valence-corrected chi connectivity index (χ3v) is 6.64. The minimum atomic E-state index is -0.159. The fourth-order valence-electron chi connectivity index (χ4n) is 3.88. The van der Waals surface area contributed by atoms with Gasteiger partial charge in [-0.05, 0) is 54.6 Å². The van der Waals surface area contributed by atoms with E-state index in [1.807, 2.05) is 66.9 Å². The molecule has 0 fully saturated rings. The number of aryl methyl sites for hydroxylation is 1. The van der Waals surface area contributed by atoms with Crippen molar-refractivity contribution < 1.29 is 23.8 Å². The zero-order valence-electron chi connectivity index (χ0n) is 20.1. The summed E-state index contributed by atoms with van der Waals surface area (Å²) in [5, 5.41) is 2.00. The summed E-state index contributed by atoms with van der Waals surface area (Å²) in [6.45, 7) is 3.99. The van der Waals surface area contributed by atoms with Gasteiger partial charge in [0.2, 0.25) is 12.7 Å². The number of carbonyl (C=O) groups excluding carboxylic acids is 2. The lowest BCUT2D eigenvalue weighted by atomic mass is 10.1. The fraction of sp³-hybridized carbons (Fsp3) is 0.333. The number of hydrogen-bond acceptors (Lipinski definition) is 6. The summed E-state index contributed by atoms with van der Waals surface area (Å²) in [6.07, 6.45) is 0.647. The van der Waals surface area contributed by atoms with E-state index >= 15 is 0 Å². The van der Waals surface area contributed by atoms with Crippen molar-refractivity contribution in [2.75, 3.05) is 33.6 Å². The first-order valence-electron chi connectivity index (χ1n) is 11.6. The SMILES string of the molecule is COCCCN(CC(=O)N(Cc1ccc2c(c1)OCO2)Cc1cccs1)C(=O)c1ccc(C)cc1. The molecule has 0 unspecified atom stereocenters. The molecule has 0 saturated heterocycles. The van der Waals surface area contributed by atoms with E-state index in [0.717, 1.165) is 16.0 Å². The fourth-order valence-corrected chi connectivity index (χ4v) is 4.60. The van der Waals surface area contributed by atoms with Crippen molar-refractivity contribution in [2.24, 2.45) is 0 Å². The Kier molecular flexibility index (Phi) is 8.39. The third kappa shape index (κ3) is 6.61. The molecule has 2 heterocycles. The van der Waals surface area contributed by atoms with Gasteiger partial charge in [-0.3, -0.25) is 9.59 Å². The van der Waals surface area contributed by atoms with Crippen molar-refractivity contribution in [1.29, 1.82) is 0 Å². The summed E-state index contributed by atoms with van der Waals surface area (Å²) < 4.78 is 16.1. The van der Waals surface area contributed by atoms with Gasteiger partial charge in [0.1, 0.15) is 6.54 Å². The summed E-state index contributed by atoms with van der Waals surface area (Å²) in [5.41, 5.74) is 2.59. The molecule has 0 bridgehead atoms. The molecule has 0 spiro atoms. The van der Waals surface area contributed by atoms with Crippen molar-refractivity contribution in [1.82, 2.24) is 9.80 Å². The summed E-state index contributed by atoms with van der Waals surface area (Å²) in [6, 6.07) is 17.1. The molecular weight excluding hydrogens is 464 g/mol. The molecule has 35 heavy (non-hydrogen) atoms. The van der Waals surface area contributed by atoms with E-state index in [4.69, 9.17) is 14.2 Å². The summed E-state index contributed by atoms with van der Waals surface area (Å²) in [4.78, 5) is 31.4. The second-order valence-electron chi connectivity index (χ2n) is 8.46. The molecule has 7 nitrogen and oxygen atoms in total. The highest BCUT2D eigenvalue weighted by Crippen LogP contribution is 2.33. The van der Waals surface area contributed by atoms with Crippen LogP contribution in [0.1, 0.15) is 32.8 Å². The number of ether oxygens (including phenoxy) is 3. The Morgan fingerprint density at radius 3 is 2.54 bits per heavy atom. The normalized spacial score (nSPS) is 11.9. The second-order valence-corrected chi connectivity index (χ2v) is 9.49. The molecule has 0 N–H and O–H groups in total. The summed E-state index contributed by atoms with van der Waals surface area (Å²) in [7, 11) is 1.63. The first kappa shape index (κ1) is 24.8. The molecule has 8 heteroatoms. The molecule has 3 aromatic rings. The number of fused-ring (bicyclic) bond motifs is 1. The standard InChI is InChI=1S/C27H30N2O5S/c1-20-6-9-22(10-7-20)27(31)28(12-4-13-32-2)18-26(30)29(17-23-5-3-14-35-23)16-21-8-11-24-25(15-21)34-19-33-24/h3,5-11,14-15H,4,12-13,16-19H2,1-2H3. The Morgan fingerprint density at radius 2 is 1.80 bits per heavy atom. The molecule has 2 aromatic carbocycles. The van der Waals surface area contributed by atoms with Gasteiger partial charge in [-0.2, -0.15) is 0 Å². The van der Waals surface area contributed by atoms with E-state index < -0.39 is 0 Å². The number of methoxy groups -OCH3 is 1. The van der Waals surface area contributed by atoms with Crippen LogP contribution in [0.15, 0.2) is 60.0 Å². The predicted molar refractivity (Wildman–Crippen MR) is 135 cm³/mol. The largest absolute Gasteiger partial charge is 0.454 e. The first-order chi connectivity index (χ1) is 17.0. The third-order valence-electron chi connectivity index (χ3n) is 5.78. The van der Waals surface area contributed by atoms with Crippen LogP contribution in [0.2, 0.25) is 0 Å². The van der Waals surface area contributed by atoms with Crippen LogP contribution in [-0.4, -0.2) is 55.2 Å². The van der Waals surface area contributed by atoms with Crippen LogP contribution in [-0.2, 0) is 22.6 Å². The van der Waals surface area contributed by atoms with Crippen molar-refractivity contribution in [3.63, 3.8) is 0 Å². The number of amides is 2. The summed E-state index contributed by atoms with van der Waals surface area (Å²) >= 11 is 1.60. The van der Waals surface area contributed by atoms with E-state index in [2.05, 4.69) is 0 Å². The van der Waals surface area contributed by atoms with Crippen LogP contribution in [0.5, 0.6) is 11.5 Å². The number of rotatable bonds is 11. The molecular formula is C27H30N2O5S. The smallest absolute Gasteiger partial charge is 0.254 e. The van der Waals surface area contributed by atoms with Crippen LogP contribution in [0.3, 0.4) is 0 Å². The molecule has 4 rings (SSSR count). The molecule has 0 saturated carbocycles. The lowest BCUT2D eigenvalue weighted by Crippen LogP contribution is -2.43. The number of thiophene rings is 1. The Morgan fingerprint density at radius 1 is 1.00 bits per heavy atom. The minimum absolute atomic E-state index is 0.00759. The zero-order chi connectivity index (χ0) is 24.6. The average Bonchev–Trinajstić information content (AvgIpc) is 3.55. The van der Waals surface area contributed by atoms with Gasteiger partial charge in [-0.1, -0.05) is 29.8 Å². The van der Waals surface area contributed by atoms with E-state index in [1.54, 1.807) is 28.2 Å². The highest BCUT2D eigenvalue weighted by molar-refractivity contribution is 7.09. The Hall–Kier alpha value is -3.36. The van der Waals surface area contributed by atoms with Gasteiger partial charge in [-0.25, -0.2) is 0 Å². The summed E-state index contributed by atoms with van der Waals surface area (Å²) in [5.74, 6) is 1.11. The molecule has 0 aliphatic carbocycles. The molecule has 0 radical (unpaired) electrons. The highest BCUT2D eigenvalue weighted by Gasteiger charge is 2.24. The average molecular weight is 495 g/mol. The van der Waals surface area contributed by atoms with Crippen molar-refractivity contribution in [2.45, 2.75) is 26.4 Å². The first-order valence-corrected chi connectivity index (χ1v) is 12.4. The van der Waals surface area contributed by atoms with E-state index in [1.165, 1.54) is 0 Å². The number of benzene rings is 2. The van der Waals surface area contributed by atoms with Crippen molar-refractivity contribution in [3.05, 3.63) is 81.5 Å². The van der Waals surface area contributed by atoms with Crippen LogP contribution >= 0.6 is 11.3 Å². The lowest BCUT2D eigenvalue weighted by Gasteiger charge is -2.28. The molecule has 184 valence electrons. The van der Waals surface area contributed by atoms with E-state index in [0.29, 0.717) is 49.7 Å². The van der Waals surface area contributed by atoms with E-state index in [-0.39, 0.29) is 25.2 Å². The van der Waals surface area contributed by atoms with Gasteiger partial charge in [0.25, 0.3) is 5.91 Å². The van der Waals surface area contributed by atoms with Crippen molar-refractivity contribution in [3.8, 4) is 11.5 Å². The number of nitrogens with zero attached hydrogens (tertiary/aromatic N) is 2. The molecule has 1 aliphatic rings. The maximum absolute atomic E-state index is 13.6. The topological polar surface area (TPSA) is 68.3 Å². The van der Waals surface area contributed by atoms with Gasteiger partial charge >= 0.3 is 0 Å². The molecule has 2 amide bonds. The lowest BCUT2D eigenvalue weighted by molar-refractivity contribution is -0.133. The highest BCUT2D eigenvalue weighted by atomic mass is 32.1. The molecule has 1 aliphatic heterocycles. The van der Waals surface area contributed by atoms with Crippen LogP contribution in [0.4, 0.5) is 0 Å². The van der Waals surface area contributed by atoms with Gasteiger partial charge in [0, 0.05) is 37.2 Å². The van der Waals surface area contributed by atoms with Gasteiger partial charge in [0.15, 0.2) is 11.5 Å². The van der Waals surface area contributed by atoms with E-state index in [9.17, 15) is 9.59 Å². The number of hydrogen-bond donors (Lipinski definition) is 0. The Balaban J connectivity index is 1.52. The van der Waals surface area contributed by atoms with Gasteiger partial charge < -0.3 is 24.0 Å². The maximum atomic E-state index is 13.6. The van der Waals surface area contributed by atoms with Gasteiger partial charge in [-0.15, -0.1) is 11.3 Å². The van der Waals surface area contributed by atoms with Crippen LogP contribution in [0.25, 0.3) is 0 Å².